The van der Waals surface area contributed by atoms with Crippen molar-refractivity contribution in [3.63, 3.8) is 0 Å². The maximum Gasteiger partial charge on any atom is 0.163 e. The molecule has 0 radical (unpaired) electrons. The zero-order valence-electron chi connectivity index (χ0n) is 18.1. The number of rotatable bonds is 3. The van der Waals surface area contributed by atoms with Crippen LogP contribution in [0, 0.1) is 0 Å². The molecule has 7 nitrogen and oxygen atoms in total. The number of nitrogens with one attached hydrogen (secondary N) is 1. The van der Waals surface area contributed by atoms with Crippen molar-refractivity contribution in [3.8, 4) is 11.5 Å². The number of ether oxygens (including phenoxy) is 3. The van der Waals surface area contributed by atoms with Gasteiger partial charge < -0.3 is 24.4 Å². The lowest BCUT2D eigenvalue weighted by molar-refractivity contribution is 0.238. The molecule has 1 saturated heterocycles. The molecule has 2 bridgehead atoms. The van der Waals surface area contributed by atoms with Crippen LogP contribution in [-0.2, 0) is 11.3 Å². The van der Waals surface area contributed by atoms with E-state index in [4.69, 9.17) is 14.2 Å². The lowest BCUT2D eigenvalue weighted by Gasteiger charge is -2.20. The Morgan fingerprint density at radius 1 is 1.19 bits per heavy atom. The zero-order chi connectivity index (χ0) is 21.9. The number of aromatic nitrogens is 2. The Bertz CT molecular complexity index is 1110. The smallest absolute Gasteiger partial charge is 0.163 e. The molecule has 3 aromatic rings. The first-order chi connectivity index (χ1) is 15.7. The monoisotopic (exact) mass is 498 g/mol. The van der Waals surface area contributed by atoms with E-state index in [2.05, 4.69) is 61.4 Å². The Kier molecular flexibility index (Phi) is 6.43. The Hall–Kier alpha value is -2.42. The number of epoxide rings is 1. The van der Waals surface area contributed by atoms with Crippen LogP contribution in [0.3, 0.4) is 0 Å². The third-order valence-electron chi connectivity index (χ3n) is 5.73. The fourth-order valence-electron chi connectivity index (χ4n) is 3.88. The average Bonchev–Trinajstić information content (AvgIpc) is 3.61. The summed E-state index contributed by atoms with van der Waals surface area (Å²) in [5.41, 5.74) is 3.05. The minimum atomic E-state index is 0.176. The third-order valence-corrected chi connectivity index (χ3v) is 6.23. The molecule has 0 saturated carbocycles. The van der Waals surface area contributed by atoms with E-state index in [0.717, 1.165) is 71.6 Å². The largest absolute Gasteiger partial charge is 0.490 e. The first kappa shape index (κ1) is 21.4. The van der Waals surface area contributed by atoms with Gasteiger partial charge in [0.15, 0.2) is 11.5 Å². The first-order valence-electron chi connectivity index (χ1n) is 11.1. The minimum Gasteiger partial charge on any atom is -0.490 e. The molecule has 2 aliphatic rings. The maximum atomic E-state index is 6.17. The molecule has 2 aromatic carbocycles. The van der Waals surface area contributed by atoms with Crippen LogP contribution in [0.25, 0.3) is 10.9 Å². The van der Waals surface area contributed by atoms with E-state index in [-0.39, 0.29) is 6.10 Å². The number of anilines is 2. The fourth-order valence-corrected chi connectivity index (χ4v) is 4.24. The summed E-state index contributed by atoms with van der Waals surface area (Å²) < 4.78 is 18.5. The van der Waals surface area contributed by atoms with Gasteiger partial charge in [-0.1, -0.05) is 22.0 Å². The molecule has 0 spiro atoms. The van der Waals surface area contributed by atoms with Gasteiger partial charge in [-0.25, -0.2) is 9.97 Å². The average molecular weight is 499 g/mol. The van der Waals surface area contributed by atoms with Gasteiger partial charge in [0.2, 0.25) is 0 Å². The van der Waals surface area contributed by atoms with Gasteiger partial charge in [-0.3, -0.25) is 0 Å². The lowest BCUT2D eigenvalue weighted by Crippen LogP contribution is -2.20. The van der Waals surface area contributed by atoms with Crippen molar-refractivity contribution in [2.75, 3.05) is 38.7 Å². The van der Waals surface area contributed by atoms with Crippen molar-refractivity contribution in [1.82, 2.24) is 14.9 Å². The lowest BCUT2D eigenvalue weighted by atomic mass is 10.1. The second-order valence-electron chi connectivity index (χ2n) is 8.38. The van der Waals surface area contributed by atoms with Crippen LogP contribution >= 0.6 is 15.9 Å². The SMILES string of the molecule is CN1CCCCCOc2cc3c(ncnc3cc2OC[C@@H]2CO2)Nc2cc(Br)ccc2C1. The Morgan fingerprint density at radius 2 is 2.09 bits per heavy atom. The van der Waals surface area contributed by atoms with Crippen molar-refractivity contribution in [1.29, 1.82) is 0 Å². The highest BCUT2D eigenvalue weighted by Gasteiger charge is 2.24. The van der Waals surface area contributed by atoms with Crippen molar-refractivity contribution >= 4 is 38.3 Å². The van der Waals surface area contributed by atoms with Gasteiger partial charge in [0.05, 0.1) is 18.7 Å². The molecule has 1 fully saturated rings. The highest BCUT2D eigenvalue weighted by molar-refractivity contribution is 9.10. The molecule has 0 amide bonds. The predicted octanol–water partition coefficient (Wildman–Crippen LogP) is 4.91. The summed E-state index contributed by atoms with van der Waals surface area (Å²) in [6.07, 6.45) is 5.00. The van der Waals surface area contributed by atoms with E-state index < -0.39 is 0 Å². The number of benzene rings is 2. The summed E-state index contributed by atoms with van der Waals surface area (Å²) >= 11 is 3.61. The van der Waals surface area contributed by atoms with Crippen LogP contribution < -0.4 is 14.8 Å². The second-order valence-corrected chi connectivity index (χ2v) is 9.29. The quantitative estimate of drug-likeness (QED) is 0.514. The van der Waals surface area contributed by atoms with Gasteiger partial charge in [0.1, 0.15) is 24.9 Å². The van der Waals surface area contributed by atoms with E-state index in [1.807, 2.05) is 12.1 Å². The van der Waals surface area contributed by atoms with Crippen LogP contribution in [0.1, 0.15) is 24.8 Å². The van der Waals surface area contributed by atoms with Crippen molar-refractivity contribution in [2.45, 2.75) is 31.9 Å². The molecule has 168 valence electrons. The highest BCUT2D eigenvalue weighted by atomic mass is 79.9. The second kappa shape index (κ2) is 9.60. The summed E-state index contributed by atoms with van der Waals surface area (Å²) in [4.78, 5) is 11.4. The molecule has 8 heteroatoms. The fraction of sp³-hybridized carbons (Fsp3) is 0.417. The molecule has 0 aliphatic carbocycles. The van der Waals surface area contributed by atoms with Gasteiger partial charge in [-0.15, -0.1) is 0 Å². The maximum absolute atomic E-state index is 6.17. The van der Waals surface area contributed by atoms with E-state index >= 15 is 0 Å². The molecule has 3 heterocycles. The van der Waals surface area contributed by atoms with Crippen LogP contribution in [0.15, 0.2) is 41.1 Å². The van der Waals surface area contributed by atoms with Gasteiger partial charge >= 0.3 is 0 Å². The Labute approximate surface area is 196 Å². The normalized spacial score (nSPS) is 19.4. The minimum absolute atomic E-state index is 0.176. The number of halogens is 1. The summed E-state index contributed by atoms with van der Waals surface area (Å²) in [5, 5.41) is 4.44. The number of fused-ring (bicyclic) bond motifs is 2. The van der Waals surface area contributed by atoms with Crippen LogP contribution in [0.2, 0.25) is 0 Å². The Morgan fingerprint density at radius 3 is 2.97 bits per heavy atom. The number of hydrogen-bond acceptors (Lipinski definition) is 7. The van der Waals surface area contributed by atoms with Crippen molar-refractivity contribution in [2.24, 2.45) is 0 Å². The molecule has 1 atom stereocenters. The van der Waals surface area contributed by atoms with Crippen molar-refractivity contribution < 1.29 is 14.2 Å². The van der Waals surface area contributed by atoms with Crippen molar-refractivity contribution in [3.05, 3.63) is 46.7 Å². The summed E-state index contributed by atoms with van der Waals surface area (Å²) in [7, 11) is 2.17. The molecular weight excluding hydrogens is 472 g/mol. The van der Waals surface area contributed by atoms with Crippen LogP contribution in [-0.4, -0.2) is 54.4 Å². The van der Waals surface area contributed by atoms with E-state index in [1.54, 1.807) is 6.33 Å². The van der Waals surface area contributed by atoms with Crippen LogP contribution in [0.5, 0.6) is 11.5 Å². The first-order valence-corrected chi connectivity index (χ1v) is 11.8. The topological polar surface area (TPSA) is 72.0 Å². The molecule has 1 aromatic heterocycles. The molecular formula is C24H27BrN4O3. The molecule has 2 aliphatic heterocycles. The molecule has 32 heavy (non-hydrogen) atoms. The van der Waals surface area contributed by atoms with Gasteiger partial charge in [-0.2, -0.15) is 0 Å². The Balaban J connectivity index is 1.55. The molecule has 5 rings (SSSR count). The summed E-state index contributed by atoms with van der Waals surface area (Å²) in [5.74, 6) is 2.16. The third kappa shape index (κ3) is 5.14. The van der Waals surface area contributed by atoms with E-state index in [1.165, 1.54) is 5.56 Å². The predicted molar refractivity (Wildman–Crippen MR) is 128 cm³/mol. The zero-order valence-corrected chi connectivity index (χ0v) is 19.7. The van der Waals surface area contributed by atoms with Gasteiger partial charge in [0, 0.05) is 28.2 Å². The highest BCUT2D eigenvalue weighted by Crippen LogP contribution is 2.36. The molecule has 0 unspecified atom stereocenters. The standard InChI is InChI=1S/C24H27BrN4O3/c1-29-7-3-2-4-8-30-22-10-19-21(11-23(22)32-14-18-13-31-18)26-15-27-24(19)28-20-9-17(25)6-5-16(20)12-29/h5-6,9-11,15,18H,2-4,7-8,12-14H2,1H3,(H,26,27,28)/t18-/m0/s1. The van der Waals surface area contributed by atoms with E-state index in [9.17, 15) is 0 Å². The van der Waals surface area contributed by atoms with E-state index in [0.29, 0.717) is 19.0 Å². The van der Waals surface area contributed by atoms with Gasteiger partial charge in [-0.05, 0) is 56.6 Å². The van der Waals surface area contributed by atoms with Crippen LogP contribution in [0.4, 0.5) is 11.5 Å². The molecule has 1 N–H and O–H groups in total. The van der Waals surface area contributed by atoms with Gasteiger partial charge in [0.25, 0.3) is 0 Å². The number of nitrogens with zero attached hydrogens (tertiary/aromatic N) is 3. The number of hydrogen-bond donors (Lipinski definition) is 1. The summed E-state index contributed by atoms with van der Waals surface area (Å²) in [6.45, 7) is 3.82. The summed E-state index contributed by atoms with van der Waals surface area (Å²) in [6, 6.07) is 10.3.